The summed E-state index contributed by atoms with van der Waals surface area (Å²) in [5, 5.41) is 0. The van der Waals surface area contributed by atoms with E-state index < -0.39 is 24.1 Å². The SMILES string of the molecule is CCOC[C@]1(C(F)(F)F)CCN(C(=O)CCl)C1. The highest BCUT2D eigenvalue weighted by Crippen LogP contribution is 2.45. The molecule has 0 aliphatic carbocycles. The van der Waals surface area contributed by atoms with E-state index in [0.717, 1.165) is 4.90 Å². The van der Waals surface area contributed by atoms with Crippen molar-refractivity contribution in [3.63, 3.8) is 0 Å². The fourth-order valence-corrected chi connectivity index (χ4v) is 2.07. The number of rotatable bonds is 4. The number of alkyl halides is 4. The first kappa shape index (κ1) is 14.6. The van der Waals surface area contributed by atoms with E-state index in [9.17, 15) is 18.0 Å². The fraction of sp³-hybridized carbons (Fsp3) is 0.900. The predicted octanol–water partition coefficient (Wildman–Crippen LogP) is 2.04. The zero-order valence-corrected chi connectivity index (χ0v) is 10.3. The second-order valence-corrected chi connectivity index (χ2v) is 4.38. The van der Waals surface area contributed by atoms with Gasteiger partial charge >= 0.3 is 6.18 Å². The molecule has 1 fully saturated rings. The average Bonchev–Trinajstić information content (AvgIpc) is 2.70. The molecular formula is C10H15ClF3NO2. The Morgan fingerprint density at radius 1 is 1.53 bits per heavy atom. The molecule has 1 aliphatic rings. The zero-order chi connectivity index (χ0) is 13.1. The first-order valence-corrected chi connectivity index (χ1v) is 5.88. The number of carbonyl (C=O) groups is 1. The summed E-state index contributed by atoms with van der Waals surface area (Å²) >= 11 is 5.34. The van der Waals surface area contributed by atoms with Crippen molar-refractivity contribution in [2.45, 2.75) is 19.5 Å². The monoisotopic (exact) mass is 273 g/mol. The van der Waals surface area contributed by atoms with Gasteiger partial charge in [0.25, 0.3) is 0 Å². The lowest BCUT2D eigenvalue weighted by molar-refractivity contribution is -0.234. The molecule has 17 heavy (non-hydrogen) atoms. The number of likely N-dealkylation sites (tertiary alicyclic amines) is 1. The largest absolute Gasteiger partial charge is 0.398 e. The minimum absolute atomic E-state index is 0.0815. The predicted molar refractivity (Wildman–Crippen MR) is 56.9 cm³/mol. The summed E-state index contributed by atoms with van der Waals surface area (Å²) in [5.74, 6) is -0.753. The fourth-order valence-electron chi connectivity index (χ4n) is 1.90. The summed E-state index contributed by atoms with van der Waals surface area (Å²) in [5.41, 5.74) is -1.94. The van der Waals surface area contributed by atoms with Crippen LogP contribution in [0.3, 0.4) is 0 Å². The van der Waals surface area contributed by atoms with Crippen molar-refractivity contribution >= 4 is 17.5 Å². The van der Waals surface area contributed by atoms with Gasteiger partial charge in [-0.05, 0) is 13.3 Å². The van der Waals surface area contributed by atoms with Crippen LogP contribution in [0.1, 0.15) is 13.3 Å². The van der Waals surface area contributed by atoms with Crippen LogP contribution in [0, 0.1) is 5.41 Å². The minimum atomic E-state index is -4.37. The molecule has 0 unspecified atom stereocenters. The summed E-state index contributed by atoms with van der Waals surface area (Å²) in [4.78, 5) is 12.4. The van der Waals surface area contributed by atoms with Gasteiger partial charge in [-0.15, -0.1) is 11.6 Å². The molecule has 0 spiro atoms. The summed E-state index contributed by atoms with van der Waals surface area (Å²) in [6.07, 6.45) is -4.50. The third-order valence-electron chi connectivity index (χ3n) is 3.00. The lowest BCUT2D eigenvalue weighted by Crippen LogP contribution is -2.45. The number of halogens is 4. The van der Waals surface area contributed by atoms with Gasteiger partial charge < -0.3 is 9.64 Å². The molecule has 1 saturated heterocycles. The van der Waals surface area contributed by atoms with Crippen LogP contribution in [0.15, 0.2) is 0 Å². The topological polar surface area (TPSA) is 29.5 Å². The van der Waals surface area contributed by atoms with Crippen molar-refractivity contribution in [2.75, 3.05) is 32.2 Å². The number of nitrogens with zero attached hydrogens (tertiary/aromatic N) is 1. The lowest BCUT2D eigenvalue weighted by Gasteiger charge is -2.31. The zero-order valence-electron chi connectivity index (χ0n) is 9.52. The number of hydrogen-bond donors (Lipinski definition) is 0. The molecule has 0 aromatic rings. The molecule has 0 aromatic heterocycles. The summed E-state index contributed by atoms with van der Waals surface area (Å²) < 4.78 is 44.0. The maximum atomic E-state index is 13.0. The van der Waals surface area contributed by atoms with Crippen LogP contribution in [-0.4, -0.2) is 49.2 Å². The standard InChI is InChI=1S/C10H15ClF3NO2/c1-2-17-7-9(10(12,13)14)3-4-15(6-9)8(16)5-11/h2-7H2,1H3/t9-/m0/s1. The maximum absolute atomic E-state index is 13.0. The Morgan fingerprint density at radius 3 is 2.65 bits per heavy atom. The Labute approximate surface area is 103 Å². The van der Waals surface area contributed by atoms with Crippen LogP contribution in [0.25, 0.3) is 0 Å². The molecule has 0 radical (unpaired) electrons. The van der Waals surface area contributed by atoms with Crippen molar-refractivity contribution in [1.29, 1.82) is 0 Å². The number of hydrogen-bond acceptors (Lipinski definition) is 2. The van der Waals surface area contributed by atoms with Gasteiger partial charge in [0, 0.05) is 19.7 Å². The van der Waals surface area contributed by atoms with Gasteiger partial charge in [0.2, 0.25) is 5.91 Å². The highest BCUT2D eigenvalue weighted by Gasteiger charge is 2.58. The summed E-state index contributed by atoms with van der Waals surface area (Å²) in [6.45, 7) is 1.18. The average molecular weight is 274 g/mol. The molecule has 1 aliphatic heterocycles. The van der Waals surface area contributed by atoms with Gasteiger partial charge in [-0.1, -0.05) is 0 Å². The normalized spacial score (nSPS) is 25.4. The second-order valence-electron chi connectivity index (χ2n) is 4.11. The van der Waals surface area contributed by atoms with Gasteiger partial charge in [-0.2, -0.15) is 13.2 Å². The van der Waals surface area contributed by atoms with Gasteiger partial charge in [0.05, 0.1) is 6.61 Å². The van der Waals surface area contributed by atoms with E-state index in [2.05, 4.69) is 0 Å². The smallest absolute Gasteiger partial charge is 0.381 e. The summed E-state index contributed by atoms with van der Waals surface area (Å²) in [6, 6.07) is 0. The Bertz CT molecular complexity index is 285. The van der Waals surface area contributed by atoms with E-state index in [1.54, 1.807) is 6.92 Å². The molecule has 1 amide bonds. The molecule has 0 aromatic carbocycles. The van der Waals surface area contributed by atoms with Crippen LogP contribution in [0.2, 0.25) is 0 Å². The Balaban J connectivity index is 2.78. The van der Waals surface area contributed by atoms with Crippen LogP contribution in [0.5, 0.6) is 0 Å². The van der Waals surface area contributed by atoms with Crippen LogP contribution >= 0.6 is 11.6 Å². The van der Waals surface area contributed by atoms with Crippen molar-refractivity contribution in [3.8, 4) is 0 Å². The van der Waals surface area contributed by atoms with E-state index >= 15 is 0 Å². The number of amides is 1. The maximum Gasteiger partial charge on any atom is 0.398 e. The Kier molecular flexibility index (Phi) is 4.66. The molecule has 0 N–H and O–H groups in total. The third-order valence-corrected chi connectivity index (χ3v) is 3.23. The Hall–Kier alpha value is -0.490. The van der Waals surface area contributed by atoms with Crippen molar-refractivity contribution in [1.82, 2.24) is 4.90 Å². The second kappa shape index (κ2) is 5.44. The van der Waals surface area contributed by atoms with Gasteiger partial charge in [-0.25, -0.2) is 0 Å². The lowest BCUT2D eigenvalue weighted by atomic mass is 9.87. The van der Waals surface area contributed by atoms with Crippen molar-refractivity contribution in [2.24, 2.45) is 5.41 Å². The van der Waals surface area contributed by atoms with E-state index in [4.69, 9.17) is 16.3 Å². The highest BCUT2D eigenvalue weighted by atomic mass is 35.5. The molecule has 0 bridgehead atoms. The van der Waals surface area contributed by atoms with Crippen LogP contribution < -0.4 is 0 Å². The number of carbonyl (C=O) groups excluding carboxylic acids is 1. The van der Waals surface area contributed by atoms with Crippen LogP contribution in [-0.2, 0) is 9.53 Å². The number of ether oxygens (including phenoxy) is 1. The van der Waals surface area contributed by atoms with E-state index in [-0.39, 0.29) is 32.0 Å². The molecule has 7 heteroatoms. The van der Waals surface area contributed by atoms with E-state index in [0.29, 0.717) is 0 Å². The van der Waals surface area contributed by atoms with Crippen molar-refractivity contribution < 1.29 is 22.7 Å². The van der Waals surface area contributed by atoms with Gasteiger partial charge in [0.1, 0.15) is 11.3 Å². The van der Waals surface area contributed by atoms with E-state index in [1.807, 2.05) is 0 Å². The summed E-state index contributed by atoms with van der Waals surface area (Å²) in [7, 11) is 0. The molecule has 1 rings (SSSR count). The quantitative estimate of drug-likeness (QED) is 0.734. The molecule has 3 nitrogen and oxygen atoms in total. The molecular weight excluding hydrogens is 259 g/mol. The van der Waals surface area contributed by atoms with Crippen molar-refractivity contribution in [3.05, 3.63) is 0 Å². The van der Waals surface area contributed by atoms with Crippen LogP contribution in [0.4, 0.5) is 13.2 Å². The first-order valence-electron chi connectivity index (χ1n) is 5.34. The van der Waals surface area contributed by atoms with E-state index in [1.165, 1.54) is 0 Å². The van der Waals surface area contributed by atoms with Gasteiger partial charge in [0.15, 0.2) is 0 Å². The molecule has 1 heterocycles. The molecule has 0 saturated carbocycles. The third kappa shape index (κ3) is 3.04. The molecule has 1 atom stereocenters. The molecule has 100 valence electrons. The minimum Gasteiger partial charge on any atom is -0.381 e. The highest BCUT2D eigenvalue weighted by molar-refractivity contribution is 6.27. The van der Waals surface area contributed by atoms with Gasteiger partial charge in [-0.3, -0.25) is 4.79 Å². The first-order chi connectivity index (χ1) is 7.86. The Morgan fingerprint density at radius 2 is 2.18 bits per heavy atom.